The molecule has 1 unspecified atom stereocenters. The average molecular weight is 252 g/mol. The lowest BCUT2D eigenvalue weighted by Gasteiger charge is -2.44. The van der Waals surface area contributed by atoms with E-state index in [2.05, 4.69) is 24.1 Å². The van der Waals surface area contributed by atoms with Crippen molar-refractivity contribution in [3.63, 3.8) is 0 Å². The van der Waals surface area contributed by atoms with E-state index < -0.39 is 0 Å². The molecule has 1 heterocycles. The van der Waals surface area contributed by atoms with E-state index in [0.29, 0.717) is 0 Å². The first kappa shape index (κ1) is 14.3. The van der Waals surface area contributed by atoms with Crippen molar-refractivity contribution >= 4 is 0 Å². The van der Waals surface area contributed by atoms with Crippen molar-refractivity contribution in [2.45, 2.75) is 77.3 Å². The number of likely N-dealkylation sites (tertiary alicyclic amines) is 1. The predicted octanol–water partition coefficient (Wildman–Crippen LogP) is 3.42. The Bertz CT molecular complexity index is 221. The fourth-order valence-corrected chi connectivity index (χ4v) is 3.92. The topological polar surface area (TPSA) is 15.3 Å². The van der Waals surface area contributed by atoms with Crippen LogP contribution < -0.4 is 5.32 Å². The molecule has 0 radical (unpaired) electrons. The molecule has 2 aliphatic rings. The van der Waals surface area contributed by atoms with Gasteiger partial charge in [0.15, 0.2) is 0 Å². The lowest BCUT2D eigenvalue weighted by Crippen LogP contribution is -2.51. The Hall–Kier alpha value is -0.0800. The van der Waals surface area contributed by atoms with Crippen LogP contribution in [0.5, 0.6) is 0 Å². The number of hydrogen-bond acceptors (Lipinski definition) is 2. The molecule has 1 saturated carbocycles. The van der Waals surface area contributed by atoms with Crippen LogP contribution in [0.25, 0.3) is 0 Å². The molecule has 2 fully saturated rings. The third-order valence-corrected chi connectivity index (χ3v) is 5.17. The van der Waals surface area contributed by atoms with Crippen LogP contribution in [-0.4, -0.2) is 36.6 Å². The van der Waals surface area contributed by atoms with Gasteiger partial charge >= 0.3 is 0 Å². The molecule has 0 amide bonds. The minimum Gasteiger partial charge on any atom is -0.315 e. The van der Waals surface area contributed by atoms with E-state index >= 15 is 0 Å². The lowest BCUT2D eigenvalue weighted by molar-refractivity contribution is 0.0622. The fraction of sp³-hybridized carbons (Fsp3) is 1.00. The van der Waals surface area contributed by atoms with Gasteiger partial charge in [-0.15, -0.1) is 0 Å². The summed E-state index contributed by atoms with van der Waals surface area (Å²) < 4.78 is 0. The van der Waals surface area contributed by atoms with Gasteiger partial charge in [-0.05, 0) is 57.5 Å². The van der Waals surface area contributed by atoms with Crippen LogP contribution in [0.15, 0.2) is 0 Å². The number of nitrogens with one attached hydrogen (secondary N) is 1. The number of hydrogen-bond donors (Lipinski definition) is 1. The van der Waals surface area contributed by atoms with Crippen molar-refractivity contribution < 1.29 is 0 Å². The van der Waals surface area contributed by atoms with Gasteiger partial charge in [-0.1, -0.05) is 26.7 Å². The molecule has 0 aromatic heterocycles. The van der Waals surface area contributed by atoms with Gasteiger partial charge in [-0.2, -0.15) is 0 Å². The van der Waals surface area contributed by atoms with E-state index in [1.165, 1.54) is 64.5 Å². The maximum atomic E-state index is 3.57. The highest BCUT2D eigenvalue weighted by molar-refractivity contribution is 4.87. The molecular weight excluding hydrogens is 220 g/mol. The first-order chi connectivity index (χ1) is 8.85. The second-order valence-electron chi connectivity index (χ2n) is 6.28. The molecule has 0 aromatic rings. The highest BCUT2D eigenvalue weighted by Gasteiger charge is 2.31. The molecule has 18 heavy (non-hydrogen) atoms. The van der Waals surface area contributed by atoms with Crippen LogP contribution in [0.1, 0.15) is 65.2 Å². The molecule has 1 N–H and O–H groups in total. The molecule has 106 valence electrons. The quantitative estimate of drug-likeness (QED) is 0.806. The molecule has 1 aliphatic carbocycles. The lowest BCUT2D eigenvalue weighted by atomic mass is 9.82. The first-order valence-corrected chi connectivity index (χ1v) is 8.31. The molecule has 2 rings (SSSR count). The van der Waals surface area contributed by atoms with E-state index in [4.69, 9.17) is 0 Å². The monoisotopic (exact) mass is 252 g/mol. The summed E-state index contributed by atoms with van der Waals surface area (Å²) >= 11 is 0. The Morgan fingerprint density at radius 2 is 1.78 bits per heavy atom. The Labute approximate surface area is 114 Å². The average Bonchev–Trinajstić information content (AvgIpc) is 2.45. The van der Waals surface area contributed by atoms with E-state index in [0.717, 1.165) is 24.5 Å². The van der Waals surface area contributed by atoms with Crippen LogP contribution in [0.3, 0.4) is 0 Å². The summed E-state index contributed by atoms with van der Waals surface area (Å²) in [5.41, 5.74) is 0. The van der Waals surface area contributed by atoms with Gasteiger partial charge in [0, 0.05) is 18.6 Å². The van der Waals surface area contributed by atoms with Crippen LogP contribution in [-0.2, 0) is 0 Å². The van der Waals surface area contributed by atoms with Crippen LogP contribution in [0.4, 0.5) is 0 Å². The Balaban J connectivity index is 1.84. The molecule has 0 spiro atoms. The zero-order valence-electron chi connectivity index (χ0n) is 12.5. The third kappa shape index (κ3) is 3.71. The molecule has 1 atom stereocenters. The number of likely N-dealkylation sites (N-methyl/N-ethyl adjacent to an activating group) is 1. The van der Waals surface area contributed by atoms with Gasteiger partial charge in [0.1, 0.15) is 0 Å². The SMILES string of the molecule is CCNCC1CCCCN1C1CCC(CC)CC1. The van der Waals surface area contributed by atoms with Crippen molar-refractivity contribution in [2.24, 2.45) is 5.92 Å². The fourth-order valence-electron chi connectivity index (χ4n) is 3.92. The summed E-state index contributed by atoms with van der Waals surface area (Å²) in [6, 6.07) is 1.72. The van der Waals surface area contributed by atoms with Gasteiger partial charge in [0.2, 0.25) is 0 Å². The van der Waals surface area contributed by atoms with Crippen molar-refractivity contribution in [1.29, 1.82) is 0 Å². The largest absolute Gasteiger partial charge is 0.315 e. The number of piperidine rings is 1. The first-order valence-electron chi connectivity index (χ1n) is 8.31. The highest BCUT2D eigenvalue weighted by Crippen LogP contribution is 2.32. The van der Waals surface area contributed by atoms with Gasteiger partial charge in [-0.3, -0.25) is 4.90 Å². The van der Waals surface area contributed by atoms with Gasteiger partial charge < -0.3 is 5.32 Å². The van der Waals surface area contributed by atoms with Crippen molar-refractivity contribution in [3.8, 4) is 0 Å². The zero-order chi connectivity index (χ0) is 12.8. The molecule has 2 nitrogen and oxygen atoms in total. The summed E-state index contributed by atoms with van der Waals surface area (Å²) in [7, 11) is 0. The Morgan fingerprint density at radius 1 is 1.00 bits per heavy atom. The van der Waals surface area contributed by atoms with Gasteiger partial charge in [0.05, 0.1) is 0 Å². The number of rotatable bonds is 5. The zero-order valence-corrected chi connectivity index (χ0v) is 12.5. The summed E-state index contributed by atoms with van der Waals surface area (Å²) in [4.78, 5) is 2.86. The molecule has 1 saturated heterocycles. The van der Waals surface area contributed by atoms with Crippen molar-refractivity contribution in [3.05, 3.63) is 0 Å². The summed E-state index contributed by atoms with van der Waals surface area (Å²) in [5, 5.41) is 3.57. The van der Waals surface area contributed by atoms with E-state index in [1.54, 1.807) is 0 Å². The molecular formula is C16H32N2. The molecule has 0 bridgehead atoms. The van der Waals surface area contributed by atoms with E-state index in [1.807, 2.05) is 0 Å². The second-order valence-corrected chi connectivity index (χ2v) is 6.28. The minimum atomic E-state index is 0.821. The Kier molecular flexibility index (Phi) is 5.97. The summed E-state index contributed by atoms with van der Waals surface area (Å²) in [6.07, 6.45) is 11.6. The summed E-state index contributed by atoms with van der Waals surface area (Å²) in [6.45, 7) is 8.27. The predicted molar refractivity (Wildman–Crippen MR) is 78.9 cm³/mol. The molecule has 0 aromatic carbocycles. The summed E-state index contributed by atoms with van der Waals surface area (Å²) in [5.74, 6) is 1.03. The Morgan fingerprint density at radius 3 is 2.44 bits per heavy atom. The third-order valence-electron chi connectivity index (χ3n) is 5.17. The smallest absolute Gasteiger partial charge is 0.0223 e. The van der Waals surface area contributed by atoms with Crippen LogP contribution in [0.2, 0.25) is 0 Å². The standard InChI is InChI=1S/C16H32N2/c1-3-14-8-10-15(11-9-14)18-12-6-5-7-16(18)13-17-4-2/h14-17H,3-13H2,1-2H3. The maximum Gasteiger partial charge on any atom is 0.0223 e. The van der Waals surface area contributed by atoms with Crippen molar-refractivity contribution in [1.82, 2.24) is 10.2 Å². The molecule has 2 heteroatoms. The van der Waals surface area contributed by atoms with E-state index in [-0.39, 0.29) is 0 Å². The highest BCUT2D eigenvalue weighted by atomic mass is 15.2. The van der Waals surface area contributed by atoms with Crippen LogP contribution >= 0.6 is 0 Å². The number of nitrogens with zero attached hydrogens (tertiary/aromatic N) is 1. The van der Waals surface area contributed by atoms with Crippen molar-refractivity contribution in [2.75, 3.05) is 19.6 Å². The maximum absolute atomic E-state index is 3.57. The van der Waals surface area contributed by atoms with Gasteiger partial charge in [-0.25, -0.2) is 0 Å². The second kappa shape index (κ2) is 7.49. The van der Waals surface area contributed by atoms with Crippen LogP contribution in [0, 0.1) is 5.92 Å². The van der Waals surface area contributed by atoms with E-state index in [9.17, 15) is 0 Å². The van der Waals surface area contributed by atoms with Gasteiger partial charge in [0.25, 0.3) is 0 Å². The minimum absolute atomic E-state index is 0.821. The normalized spacial score (nSPS) is 34.7. The molecule has 1 aliphatic heterocycles.